The molecule has 0 aromatic carbocycles. The van der Waals surface area contributed by atoms with Crippen LogP contribution in [-0.4, -0.2) is 17.6 Å². The molecule has 0 amide bonds. The zero-order valence-electron chi connectivity index (χ0n) is 14.2. The van der Waals surface area contributed by atoms with Crippen molar-refractivity contribution in [3.8, 4) is 5.75 Å². The third-order valence-corrected chi connectivity index (χ3v) is 5.13. The van der Waals surface area contributed by atoms with Gasteiger partial charge in [-0.15, -0.1) is 0 Å². The molecule has 0 bridgehead atoms. The second-order valence-corrected chi connectivity index (χ2v) is 7.19. The standard InChI is InChI=1S/C18H30N2O/c1-12(2)15-7-6-8-18(19,9-15)10-16-14(4)17(21-5)13(3)11-20-16/h11-12,15H,6-10,19H2,1-5H3. The summed E-state index contributed by atoms with van der Waals surface area (Å²) in [6.07, 6.45) is 7.54. The maximum Gasteiger partial charge on any atom is 0.128 e. The highest BCUT2D eigenvalue weighted by molar-refractivity contribution is 5.41. The van der Waals surface area contributed by atoms with Crippen molar-refractivity contribution in [3.05, 3.63) is 23.0 Å². The van der Waals surface area contributed by atoms with Crippen LogP contribution >= 0.6 is 0 Å². The number of hydrogen-bond donors (Lipinski definition) is 1. The van der Waals surface area contributed by atoms with Gasteiger partial charge >= 0.3 is 0 Å². The molecule has 118 valence electrons. The van der Waals surface area contributed by atoms with E-state index in [1.54, 1.807) is 7.11 Å². The van der Waals surface area contributed by atoms with Crippen LogP contribution in [0.1, 0.15) is 56.4 Å². The third-order valence-electron chi connectivity index (χ3n) is 5.13. The Bertz CT molecular complexity index is 498. The highest BCUT2D eigenvalue weighted by Crippen LogP contribution is 2.37. The molecule has 1 fully saturated rings. The van der Waals surface area contributed by atoms with E-state index in [2.05, 4.69) is 25.8 Å². The second kappa shape index (κ2) is 6.35. The Labute approximate surface area is 129 Å². The van der Waals surface area contributed by atoms with Crippen molar-refractivity contribution in [2.45, 2.75) is 65.3 Å². The fourth-order valence-corrected chi connectivity index (χ4v) is 3.75. The monoisotopic (exact) mass is 290 g/mol. The normalized spacial score (nSPS) is 26.1. The number of aromatic nitrogens is 1. The molecule has 0 saturated heterocycles. The van der Waals surface area contributed by atoms with Gasteiger partial charge in [0.1, 0.15) is 5.75 Å². The van der Waals surface area contributed by atoms with Gasteiger partial charge in [0.15, 0.2) is 0 Å². The Kier molecular flexibility index (Phi) is 4.92. The van der Waals surface area contributed by atoms with Gasteiger partial charge in [0, 0.05) is 35.0 Å². The van der Waals surface area contributed by atoms with Crippen LogP contribution in [0.2, 0.25) is 0 Å². The summed E-state index contributed by atoms with van der Waals surface area (Å²) in [7, 11) is 1.73. The summed E-state index contributed by atoms with van der Waals surface area (Å²) < 4.78 is 5.52. The van der Waals surface area contributed by atoms with Crippen molar-refractivity contribution in [2.24, 2.45) is 17.6 Å². The number of hydrogen-bond acceptors (Lipinski definition) is 3. The lowest BCUT2D eigenvalue weighted by atomic mass is 9.70. The average Bonchev–Trinajstić information content (AvgIpc) is 2.42. The molecule has 21 heavy (non-hydrogen) atoms. The van der Waals surface area contributed by atoms with Gasteiger partial charge in [-0.2, -0.15) is 0 Å². The number of rotatable bonds is 4. The average molecular weight is 290 g/mol. The molecule has 1 saturated carbocycles. The minimum absolute atomic E-state index is 0.106. The van der Waals surface area contributed by atoms with Crippen molar-refractivity contribution in [1.29, 1.82) is 0 Å². The van der Waals surface area contributed by atoms with Gasteiger partial charge < -0.3 is 10.5 Å². The Morgan fingerprint density at radius 3 is 2.76 bits per heavy atom. The first kappa shape index (κ1) is 16.3. The van der Waals surface area contributed by atoms with E-state index in [1.807, 2.05) is 13.1 Å². The molecule has 2 rings (SSSR count). The van der Waals surface area contributed by atoms with Crippen LogP contribution < -0.4 is 10.5 Å². The summed E-state index contributed by atoms with van der Waals surface area (Å²) >= 11 is 0. The largest absolute Gasteiger partial charge is 0.496 e. The fraction of sp³-hybridized carbons (Fsp3) is 0.722. The van der Waals surface area contributed by atoms with Crippen molar-refractivity contribution in [3.63, 3.8) is 0 Å². The molecule has 2 N–H and O–H groups in total. The van der Waals surface area contributed by atoms with E-state index in [0.717, 1.165) is 53.7 Å². The van der Waals surface area contributed by atoms with Gasteiger partial charge in [-0.3, -0.25) is 4.98 Å². The van der Waals surface area contributed by atoms with Gasteiger partial charge in [0.2, 0.25) is 0 Å². The minimum Gasteiger partial charge on any atom is -0.496 e. The molecule has 1 heterocycles. The maximum absolute atomic E-state index is 6.74. The van der Waals surface area contributed by atoms with Crippen LogP contribution in [0.15, 0.2) is 6.20 Å². The van der Waals surface area contributed by atoms with Crippen LogP contribution in [0.25, 0.3) is 0 Å². The summed E-state index contributed by atoms with van der Waals surface area (Å²) in [6.45, 7) is 8.76. The first-order chi connectivity index (χ1) is 9.86. The maximum atomic E-state index is 6.74. The van der Waals surface area contributed by atoms with E-state index in [-0.39, 0.29) is 5.54 Å². The van der Waals surface area contributed by atoms with Crippen LogP contribution in [0.5, 0.6) is 5.75 Å². The molecule has 1 aliphatic rings. The van der Waals surface area contributed by atoms with E-state index in [1.165, 1.54) is 12.8 Å². The number of nitrogens with zero attached hydrogens (tertiary/aromatic N) is 1. The van der Waals surface area contributed by atoms with Gasteiger partial charge in [-0.1, -0.05) is 26.7 Å². The number of aryl methyl sites for hydroxylation is 1. The Hall–Kier alpha value is -1.09. The molecule has 0 radical (unpaired) electrons. The molecule has 2 unspecified atom stereocenters. The number of nitrogens with two attached hydrogens (primary N) is 1. The Morgan fingerprint density at radius 1 is 1.43 bits per heavy atom. The molecule has 1 aromatic heterocycles. The lowest BCUT2D eigenvalue weighted by Gasteiger charge is -2.40. The van der Waals surface area contributed by atoms with Crippen molar-refractivity contribution in [1.82, 2.24) is 4.98 Å². The predicted molar refractivity (Wildman–Crippen MR) is 87.7 cm³/mol. The van der Waals surface area contributed by atoms with E-state index in [9.17, 15) is 0 Å². The second-order valence-electron chi connectivity index (χ2n) is 7.19. The molecular formula is C18H30N2O. The molecule has 1 aromatic rings. The quantitative estimate of drug-likeness (QED) is 0.917. The minimum atomic E-state index is -0.106. The first-order valence-corrected chi connectivity index (χ1v) is 8.14. The molecule has 3 heteroatoms. The third kappa shape index (κ3) is 3.57. The molecule has 0 spiro atoms. The first-order valence-electron chi connectivity index (χ1n) is 8.14. The van der Waals surface area contributed by atoms with E-state index >= 15 is 0 Å². The van der Waals surface area contributed by atoms with Crippen LogP contribution in [0, 0.1) is 25.7 Å². The fourth-order valence-electron chi connectivity index (χ4n) is 3.75. The van der Waals surface area contributed by atoms with Crippen LogP contribution in [0.4, 0.5) is 0 Å². The number of pyridine rings is 1. The zero-order valence-corrected chi connectivity index (χ0v) is 14.2. The SMILES string of the molecule is COc1c(C)cnc(CC2(N)CCCC(C(C)C)C2)c1C. The smallest absolute Gasteiger partial charge is 0.128 e. The van der Waals surface area contributed by atoms with Gasteiger partial charge in [-0.25, -0.2) is 0 Å². The van der Waals surface area contributed by atoms with E-state index in [0.29, 0.717) is 0 Å². The summed E-state index contributed by atoms with van der Waals surface area (Å²) in [5, 5.41) is 0. The summed E-state index contributed by atoms with van der Waals surface area (Å²) in [5.74, 6) is 2.42. The van der Waals surface area contributed by atoms with E-state index in [4.69, 9.17) is 10.5 Å². The highest BCUT2D eigenvalue weighted by atomic mass is 16.5. The lowest BCUT2D eigenvalue weighted by molar-refractivity contribution is 0.181. The summed E-state index contributed by atoms with van der Waals surface area (Å²) in [6, 6.07) is 0. The van der Waals surface area contributed by atoms with Gasteiger partial charge in [0.05, 0.1) is 7.11 Å². The molecular weight excluding hydrogens is 260 g/mol. The summed E-state index contributed by atoms with van der Waals surface area (Å²) in [5.41, 5.74) is 9.97. The zero-order chi connectivity index (χ0) is 15.6. The van der Waals surface area contributed by atoms with Crippen molar-refractivity contribution in [2.75, 3.05) is 7.11 Å². The van der Waals surface area contributed by atoms with Crippen LogP contribution in [-0.2, 0) is 6.42 Å². The van der Waals surface area contributed by atoms with Crippen LogP contribution in [0.3, 0.4) is 0 Å². The van der Waals surface area contributed by atoms with E-state index < -0.39 is 0 Å². The molecule has 1 aliphatic carbocycles. The Balaban J connectivity index is 2.21. The molecule has 3 nitrogen and oxygen atoms in total. The molecule has 0 aliphatic heterocycles. The number of ether oxygens (including phenoxy) is 1. The van der Waals surface area contributed by atoms with Crippen molar-refractivity contribution < 1.29 is 4.74 Å². The summed E-state index contributed by atoms with van der Waals surface area (Å²) in [4.78, 5) is 4.64. The highest BCUT2D eigenvalue weighted by Gasteiger charge is 2.35. The van der Waals surface area contributed by atoms with Crippen molar-refractivity contribution >= 4 is 0 Å². The lowest BCUT2D eigenvalue weighted by Crippen LogP contribution is -2.47. The number of methoxy groups -OCH3 is 1. The van der Waals surface area contributed by atoms with Gasteiger partial charge in [0.25, 0.3) is 0 Å². The topological polar surface area (TPSA) is 48.1 Å². The van der Waals surface area contributed by atoms with Gasteiger partial charge in [-0.05, 0) is 38.5 Å². The molecule has 2 atom stereocenters. The Morgan fingerprint density at radius 2 is 2.14 bits per heavy atom. The predicted octanol–water partition coefficient (Wildman–Crippen LogP) is 3.79.